The Hall–Kier alpha value is -0.540. The minimum absolute atomic E-state index is 0.215. The second-order valence-corrected chi connectivity index (χ2v) is 3.59. The molecule has 1 atom stereocenters. The van der Waals surface area contributed by atoms with Gasteiger partial charge in [0, 0.05) is 6.54 Å². The first-order valence-corrected chi connectivity index (χ1v) is 4.67. The van der Waals surface area contributed by atoms with Gasteiger partial charge in [-0.3, -0.25) is 0 Å². The molecule has 12 heavy (non-hydrogen) atoms. The highest BCUT2D eigenvalue weighted by Gasteiger charge is 2.04. The van der Waals surface area contributed by atoms with Gasteiger partial charge in [-0.05, 0) is 17.7 Å². The van der Waals surface area contributed by atoms with Crippen molar-refractivity contribution >= 4 is 15.9 Å². The Balaban J connectivity index is 2.86. The normalized spacial score (nSPS) is 12.6. The minimum Gasteiger partial charge on any atom is -0.497 e. The lowest BCUT2D eigenvalue weighted by Crippen LogP contribution is -2.06. The van der Waals surface area contributed by atoms with Gasteiger partial charge in [0.15, 0.2) is 0 Å². The van der Waals surface area contributed by atoms with Gasteiger partial charge in [0.1, 0.15) is 5.75 Å². The van der Waals surface area contributed by atoms with Crippen molar-refractivity contribution < 1.29 is 4.74 Å². The van der Waals surface area contributed by atoms with Gasteiger partial charge in [0.05, 0.1) is 11.9 Å². The van der Waals surface area contributed by atoms with E-state index in [4.69, 9.17) is 10.5 Å². The summed E-state index contributed by atoms with van der Waals surface area (Å²) >= 11 is 3.47. The topological polar surface area (TPSA) is 35.2 Å². The monoisotopic (exact) mass is 229 g/mol. The molecule has 1 unspecified atom stereocenters. The van der Waals surface area contributed by atoms with E-state index in [1.165, 1.54) is 0 Å². The van der Waals surface area contributed by atoms with Gasteiger partial charge in [0.2, 0.25) is 0 Å². The van der Waals surface area contributed by atoms with Crippen LogP contribution in [-0.4, -0.2) is 13.7 Å². The van der Waals surface area contributed by atoms with Crippen molar-refractivity contribution in [2.24, 2.45) is 5.73 Å². The maximum Gasteiger partial charge on any atom is 0.119 e. The van der Waals surface area contributed by atoms with E-state index in [-0.39, 0.29) is 4.83 Å². The lowest BCUT2D eigenvalue weighted by atomic mass is 10.1. The molecule has 0 aliphatic heterocycles. The first kappa shape index (κ1) is 9.55. The Kier molecular flexibility index (Phi) is 3.56. The third kappa shape index (κ3) is 2.22. The first-order chi connectivity index (χ1) is 5.77. The molecule has 0 saturated heterocycles. The number of nitrogens with two attached hydrogens (primary N) is 1. The van der Waals surface area contributed by atoms with Gasteiger partial charge in [-0.25, -0.2) is 0 Å². The summed E-state index contributed by atoms with van der Waals surface area (Å²) in [6, 6.07) is 7.87. The molecule has 0 saturated carbocycles. The summed E-state index contributed by atoms with van der Waals surface area (Å²) in [5.74, 6) is 0.866. The van der Waals surface area contributed by atoms with Crippen LogP contribution < -0.4 is 10.5 Å². The van der Waals surface area contributed by atoms with Crippen molar-refractivity contribution in [3.63, 3.8) is 0 Å². The van der Waals surface area contributed by atoms with Crippen LogP contribution in [0.3, 0.4) is 0 Å². The van der Waals surface area contributed by atoms with E-state index >= 15 is 0 Å². The van der Waals surface area contributed by atoms with Crippen LogP contribution in [0.5, 0.6) is 5.75 Å². The standard InChI is InChI=1S/C9H12BrNO/c1-12-8-4-2-3-7(5-8)9(10)6-11/h2-5,9H,6,11H2,1H3. The van der Waals surface area contributed by atoms with Gasteiger partial charge in [-0.1, -0.05) is 28.1 Å². The molecule has 1 aromatic carbocycles. The molecule has 1 rings (SSSR count). The van der Waals surface area contributed by atoms with Crippen molar-refractivity contribution in [2.45, 2.75) is 4.83 Å². The van der Waals surface area contributed by atoms with E-state index in [0.717, 1.165) is 11.3 Å². The van der Waals surface area contributed by atoms with Crippen molar-refractivity contribution in [1.82, 2.24) is 0 Å². The Labute approximate surface area is 80.8 Å². The SMILES string of the molecule is COc1cccc(C(Br)CN)c1. The van der Waals surface area contributed by atoms with Crippen LogP contribution in [0.15, 0.2) is 24.3 Å². The summed E-state index contributed by atoms with van der Waals surface area (Å²) in [5.41, 5.74) is 6.66. The number of rotatable bonds is 3. The number of halogens is 1. The summed E-state index contributed by atoms with van der Waals surface area (Å²) in [4.78, 5) is 0.215. The number of alkyl halides is 1. The molecule has 66 valence electrons. The molecular weight excluding hydrogens is 218 g/mol. The van der Waals surface area contributed by atoms with Crippen LogP contribution in [0, 0.1) is 0 Å². The number of hydrogen-bond acceptors (Lipinski definition) is 2. The largest absolute Gasteiger partial charge is 0.497 e. The smallest absolute Gasteiger partial charge is 0.119 e. The van der Waals surface area contributed by atoms with Gasteiger partial charge >= 0.3 is 0 Å². The molecule has 0 aromatic heterocycles. The molecule has 3 heteroatoms. The second-order valence-electron chi connectivity index (χ2n) is 2.48. The fourth-order valence-corrected chi connectivity index (χ4v) is 1.26. The predicted octanol–water partition coefficient (Wildman–Crippen LogP) is 2.09. The average molecular weight is 230 g/mol. The van der Waals surface area contributed by atoms with Crippen LogP contribution >= 0.6 is 15.9 Å². The fourth-order valence-electron chi connectivity index (χ4n) is 0.972. The van der Waals surface area contributed by atoms with Crippen LogP contribution in [-0.2, 0) is 0 Å². The predicted molar refractivity (Wildman–Crippen MR) is 53.7 cm³/mol. The first-order valence-electron chi connectivity index (χ1n) is 3.76. The third-order valence-electron chi connectivity index (χ3n) is 1.66. The maximum absolute atomic E-state index is 5.51. The molecule has 0 spiro atoms. The zero-order chi connectivity index (χ0) is 8.97. The molecule has 0 bridgehead atoms. The van der Waals surface area contributed by atoms with E-state index in [2.05, 4.69) is 15.9 Å². The number of hydrogen-bond donors (Lipinski definition) is 1. The van der Waals surface area contributed by atoms with Crippen molar-refractivity contribution in [1.29, 1.82) is 0 Å². The summed E-state index contributed by atoms with van der Waals surface area (Å²) in [6.07, 6.45) is 0. The molecule has 1 aromatic rings. The molecule has 2 nitrogen and oxygen atoms in total. The van der Waals surface area contributed by atoms with E-state index in [1.807, 2.05) is 24.3 Å². The molecule has 0 aliphatic carbocycles. The highest BCUT2D eigenvalue weighted by atomic mass is 79.9. The number of methoxy groups -OCH3 is 1. The van der Waals surface area contributed by atoms with Gasteiger partial charge < -0.3 is 10.5 Å². The van der Waals surface area contributed by atoms with Crippen molar-refractivity contribution in [2.75, 3.05) is 13.7 Å². The van der Waals surface area contributed by atoms with Crippen LogP contribution in [0.2, 0.25) is 0 Å². The lowest BCUT2D eigenvalue weighted by molar-refractivity contribution is 0.414. The van der Waals surface area contributed by atoms with Gasteiger partial charge in [-0.2, -0.15) is 0 Å². The molecular formula is C9H12BrNO. The van der Waals surface area contributed by atoms with E-state index in [9.17, 15) is 0 Å². The molecule has 0 amide bonds. The van der Waals surface area contributed by atoms with Gasteiger partial charge in [0.25, 0.3) is 0 Å². The van der Waals surface area contributed by atoms with Crippen molar-refractivity contribution in [3.8, 4) is 5.75 Å². The Bertz CT molecular complexity index is 252. The number of benzene rings is 1. The van der Waals surface area contributed by atoms with E-state index in [1.54, 1.807) is 7.11 Å². The zero-order valence-corrected chi connectivity index (χ0v) is 8.54. The lowest BCUT2D eigenvalue weighted by Gasteiger charge is -2.08. The Morgan fingerprint density at radius 2 is 2.33 bits per heavy atom. The van der Waals surface area contributed by atoms with Crippen LogP contribution in [0.1, 0.15) is 10.4 Å². The van der Waals surface area contributed by atoms with E-state index < -0.39 is 0 Å². The van der Waals surface area contributed by atoms with E-state index in [0.29, 0.717) is 6.54 Å². The quantitative estimate of drug-likeness (QED) is 0.807. The van der Waals surface area contributed by atoms with Crippen LogP contribution in [0.25, 0.3) is 0 Å². The highest BCUT2D eigenvalue weighted by Crippen LogP contribution is 2.24. The molecule has 0 radical (unpaired) electrons. The molecule has 0 heterocycles. The Morgan fingerprint density at radius 1 is 1.58 bits per heavy atom. The summed E-state index contributed by atoms with van der Waals surface area (Å²) in [7, 11) is 1.66. The highest BCUT2D eigenvalue weighted by molar-refractivity contribution is 9.09. The summed E-state index contributed by atoms with van der Waals surface area (Å²) < 4.78 is 5.09. The Morgan fingerprint density at radius 3 is 2.92 bits per heavy atom. The maximum atomic E-state index is 5.51. The summed E-state index contributed by atoms with van der Waals surface area (Å²) in [6.45, 7) is 0.590. The van der Waals surface area contributed by atoms with Crippen LogP contribution in [0.4, 0.5) is 0 Å². The molecule has 0 aliphatic rings. The summed E-state index contributed by atoms with van der Waals surface area (Å²) in [5, 5.41) is 0. The zero-order valence-electron chi connectivity index (χ0n) is 6.96. The fraction of sp³-hybridized carbons (Fsp3) is 0.333. The van der Waals surface area contributed by atoms with Gasteiger partial charge in [-0.15, -0.1) is 0 Å². The minimum atomic E-state index is 0.215. The molecule has 0 fully saturated rings. The number of ether oxygens (including phenoxy) is 1. The van der Waals surface area contributed by atoms with Crippen molar-refractivity contribution in [3.05, 3.63) is 29.8 Å². The average Bonchev–Trinajstić information content (AvgIpc) is 2.17. The third-order valence-corrected chi connectivity index (χ3v) is 2.56. The second kappa shape index (κ2) is 4.48. The molecule has 2 N–H and O–H groups in total.